The first-order valence-electron chi connectivity index (χ1n) is 8.07. The number of rotatable bonds is 6. The van der Waals surface area contributed by atoms with Gasteiger partial charge in [-0.25, -0.2) is 0 Å². The number of ether oxygens (including phenoxy) is 1. The molecule has 1 unspecified atom stereocenters. The van der Waals surface area contributed by atoms with Gasteiger partial charge in [0.05, 0.1) is 0 Å². The van der Waals surface area contributed by atoms with E-state index in [1.807, 2.05) is 0 Å². The summed E-state index contributed by atoms with van der Waals surface area (Å²) in [5.41, 5.74) is 2.57. The number of nitrogens with one attached hydrogen (secondary N) is 1. The van der Waals surface area contributed by atoms with Crippen LogP contribution >= 0.6 is 0 Å². The van der Waals surface area contributed by atoms with Crippen LogP contribution in [0.15, 0.2) is 18.2 Å². The van der Waals surface area contributed by atoms with E-state index in [-0.39, 0.29) is 6.10 Å². The minimum Gasteiger partial charge on any atom is -0.489 e. The molecule has 20 heavy (non-hydrogen) atoms. The van der Waals surface area contributed by atoms with Crippen LogP contribution in [0.25, 0.3) is 0 Å². The van der Waals surface area contributed by atoms with Crippen LogP contribution in [0, 0.1) is 6.92 Å². The Morgan fingerprint density at radius 1 is 1.20 bits per heavy atom. The molecular weight excluding hydrogens is 246 g/mol. The molecule has 2 rings (SSSR count). The number of aryl methyl sites for hydroxylation is 1. The first-order chi connectivity index (χ1) is 9.56. The summed E-state index contributed by atoms with van der Waals surface area (Å²) in [7, 11) is 0. The summed E-state index contributed by atoms with van der Waals surface area (Å²) in [4.78, 5) is 0. The standard InChI is InChI=1S/C18H29NO/c1-13(2)17-10-9-14(3)11-18(17)20-15(4)12-19-16-7-5-6-8-16/h9-11,13,15-16,19H,5-8,12H2,1-4H3. The topological polar surface area (TPSA) is 21.3 Å². The normalized spacial score (nSPS) is 17.6. The van der Waals surface area contributed by atoms with E-state index in [0.717, 1.165) is 12.3 Å². The lowest BCUT2D eigenvalue weighted by Gasteiger charge is -2.21. The molecule has 0 spiro atoms. The summed E-state index contributed by atoms with van der Waals surface area (Å²) in [5.74, 6) is 1.56. The van der Waals surface area contributed by atoms with Crippen LogP contribution in [0.2, 0.25) is 0 Å². The Bertz CT molecular complexity index is 421. The third-order valence-corrected chi connectivity index (χ3v) is 4.17. The van der Waals surface area contributed by atoms with E-state index in [1.54, 1.807) is 0 Å². The Morgan fingerprint density at radius 3 is 2.55 bits per heavy atom. The molecule has 0 aromatic heterocycles. The fraction of sp³-hybridized carbons (Fsp3) is 0.667. The second-order valence-corrected chi connectivity index (χ2v) is 6.51. The third kappa shape index (κ3) is 4.24. The number of hydrogen-bond acceptors (Lipinski definition) is 2. The second-order valence-electron chi connectivity index (χ2n) is 6.51. The maximum absolute atomic E-state index is 6.18. The molecule has 1 aromatic carbocycles. The van der Waals surface area contributed by atoms with Crippen molar-refractivity contribution in [2.75, 3.05) is 6.54 Å². The van der Waals surface area contributed by atoms with Crippen LogP contribution in [0.4, 0.5) is 0 Å². The van der Waals surface area contributed by atoms with Gasteiger partial charge in [0.1, 0.15) is 11.9 Å². The molecule has 0 radical (unpaired) electrons. The molecule has 1 aromatic rings. The minimum absolute atomic E-state index is 0.217. The van der Waals surface area contributed by atoms with Crippen LogP contribution in [0.5, 0.6) is 5.75 Å². The summed E-state index contributed by atoms with van der Waals surface area (Å²) in [5, 5.41) is 3.64. The second kappa shape index (κ2) is 7.12. The van der Waals surface area contributed by atoms with Crippen molar-refractivity contribution in [1.82, 2.24) is 5.32 Å². The summed E-state index contributed by atoms with van der Waals surface area (Å²) in [6.45, 7) is 9.67. The maximum atomic E-state index is 6.18. The molecule has 1 aliphatic rings. The fourth-order valence-corrected chi connectivity index (χ4v) is 2.94. The SMILES string of the molecule is Cc1ccc(C(C)C)c(OC(C)CNC2CCCC2)c1. The van der Waals surface area contributed by atoms with E-state index in [9.17, 15) is 0 Å². The zero-order valence-corrected chi connectivity index (χ0v) is 13.4. The van der Waals surface area contributed by atoms with Gasteiger partial charge in [-0.3, -0.25) is 0 Å². The van der Waals surface area contributed by atoms with Gasteiger partial charge in [0, 0.05) is 12.6 Å². The van der Waals surface area contributed by atoms with Crippen LogP contribution in [0.1, 0.15) is 63.5 Å². The van der Waals surface area contributed by atoms with E-state index in [4.69, 9.17) is 4.74 Å². The number of benzene rings is 1. The van der Waals surface area contributed by atoms with Crippen LogP contribution in [0.3, 0.4) is 0 Å². The Morgan fingerprint density at radius 2 is 1.90 bits per heavy atom. The Balaban J connectivity index is 1.92. The molecule has 0 bridgehead atoms. The summed E-state index contributed by atoms with van der Waals surface area (Å²) in [6.07, 6.45) is 5.63. The maximum Gasteiger partial charge on any atom is 0.123 e. The van der Waals surface area contributed by atoms with Crippen molar-refractivity contribution in [3.63, 3.8) is 0 Å². The largest absolute Gasteiger partial charge is 0.489 e. The van der Waals surface area contributed by atoms with Crippen molar-refractivity contribution in [2.45, 2.75) is 71.4 Å². The van der Waals surface area contributed by atoms with Crippen molar-refractivity contribution >= 4 is 0 Å². The first kappa shape index (κ1) is 15.4. The van der Waals surface area contributed by atoms with Gasteiger partial charge in [-0.15, -0.1) is 0 Å². The van der Waals surface area contributed by atoms with Gasteiger partial charge >= 0.3 is 0 Å². The van der Waals surface area contributed by atoms with E-state index in [0.29, 0.717) is 12.0 Å². The van der Waals surface area contributed by atoms with Gasteiger partial charge in [-0.2, -0.15) is 0 Å². The zero-order valence-electron chi connectivity index (χ0n) is 13.4. The van der Waals surface area contributed by atoms with Gasteiger partial charge < -0.3 is 10.1 Å². The van der Waals surface area contributed by atoms with Crippen molar-refractivity contribution in [1.29, 1.82) is 0 Å². The molecule has 112 valence electrons. The van der Waals surface area contributed by atoms with Crippen molar-refractivity contribution < 1.29 is 4.74 Å². The molecule has 2 nitrogen and oxygen atoms in total. The summed E-state index contributed by atoms with van der Waals surface area (Å²) >= 11 is 0. The lowest BCUT2D eigenvalue weighted by Crippen LogP contribution is -2.35. The van der Waals surface area contributed by atoms with E-state index in [1.165, 1.54) is 36.8 Å². The summed E-state index contributed by atoms with van der Waals surface area (Å²) < 4.78 is 6.18. The lowest BCUT2D eigenvalue weighted by molar-refractivity contribution is 0.209. The first-order valence-corrected chi connectivity index (χ1v) is 8.07. The van der Waals surface area contributed by atoms with Crippen molar-refractivity contribution in [3.05, 3.63) is 29.3 Å². The van der Waals surface area contributed by atoms with E-state index in [2.05, 4.69) is 51.2 Å². The van der Waals surface area contributed by atoms with Gasteiger partial charge in [0.2, 0.25) is 0 Å². The molecule has 0 heterocycles. The lowest BCUT2D eigenvalue weighted by atomic mass is 10.0. The molecular formula is C18H29NO. The van der Waals surface area contributed by atoms with Crippen LogP contribution in [-0.2, 0) is 0 Å². The van der Waals surface area contributed by atoms with Gasteiger partial charge in [-0.05, 0) is 49.8 Å². The molecule has 1 aliphatic carbocycles. The van der Waals surface area contributed by atoms with Crippen LogP contribution < -0.4 is 10.1 Å². The molecule has 1 fully saturated rings. The molecule has 2 heteroatoms. The highest BCUT2D eigenvalue weighted by atomic mass is 16.5. The van der Waals surface area contributed by atoms with Crippen molar-refractivity contribution in [2.24, 2.45) is 0 Å². The number of hydrogen-bond donors (Lipinski definition) is 1. The summed E-state index contributed by atoms with van der Waals surface area (Å²) in [6, 6.07) is 7.25. The molecule has 0 saturated heterocycles. The predicted molar refractivity (Wildman–Crippen MR) is 85.6 cm³/mol. The predicted octanol–water partition coefficient (Wildman–Crippen LogP) is 4.42. The minimum atomic E-state index is 0.217. The Labute approximate surface area is 123 Å². The highest BCUT2D eigenvalue weighted by Gasteiger charge is 2.16. The quantitative estimate of drug-likeness (QED) is 0.830. The highest BCUT2D eigenvalue weighted by molar-refractivity contribution is 5.39. The molecule has 1 N–H and O–H groups in total. The van der Waals surface area contributed by atoms with Gasteiger partial charge in [0.25, 0.3) is 0 Å². The average Bonchev–Trinajstić information content (AvgIpc) is 2.89. The highest BCUT2D eigenvalue weighted by Crippen LogP contribution is 2.28. The molecule has 0 amide bonds. The molecule has 1 saturated carbocycles. The Kier molecular flexibility index (Phi) is 5.47. The van der Waals surface area contributed by atoms with E-state index >= 15 is 0 Å². The van der Waals surface area contributed by atoms with Crippen molar-refractivity contribution in [3.8, 4) is 5.75 Å². The fourth-order valence-electron chi connectivity index (χ4n) is 2.94. The van der Waals surface area contributed by atoms with Crippen LogP contribution in [-0.4, -0.2) is 18.7 Å². The Hall–Kier alpha value is -1.02. The zero-order chi connectivity index (χ0) is 14.5. The molecule has 0 aliphatic heterocycles. The van der Waals surface area contributed by atoms with Gasteiger partial charge in [-0.1, -0.05) is 38.8 Å². The third-order valence-electron chi connectivity index (χ3n) is 4.17. The van der Waals surface area contributed by atoms with Gasteiger partial charge in [0.15, 0.2) is 0 Å². The monoisotopic (exact) mass is 275 g/mol. The molecule has 1 atom stereocenters. The smallest absolute Gasteiger partial charge is 0.123 e. The average molecular weight is 275 g/mol. The van der Waals surface area contributed by atoms with E-state index < -0.39 is 0 Å².